The zero-order valence-corrected chi connectivity index (χ0v) is 28.7. The van der Waals surface area contributed by atoms with Gasteiger partial charge in [-0.2, -0.15) is 0 Å². The number of alkyl halides is 2. The maximum Gasteiger partial charge on any atom is 0.308 e. The lowest BCUT2D eigenvalue weighted by Crippen LogP contribution is -2.52. The number of carbonyl (C=O) groups excluding carboxylic acids is 4. The molecule has 0 saturated heterocycles. The SMILES string of the molecule is CC(=O)Oc1cc2c(c3ccccc13)[C@H](CCl)CN2C(=O)C1=C2CC(C(=O)N3C[C@@H](CCl)c4c3cc(OC(C)=O)c3ccccc43)(CC1)C2. The molecule has 0 spiro atoms. The fraction of sp³-hybridized carbons (Fsp3) is 0.333. The molecule has 3 aliphatic carbocycles. The maximum absolute atomic E-state index is 14.5. The van der Waals surface area contributed by atoms with Crippen molar-refractivity contribution in [2.75, 3.05) is 34.6 Å². The number of carbonyl (C=O) groups is 4. The van der Waals surface area contributed by atoms with Gasteiger partial charge in [0.15, 0.2) is 0 Å². The summed E-state index contributed by atoms with van der Waals surface area (Å²) >= 11 is 13.0. The highest BCUT2D eigenvalue weighted by Crippen LogP contribution is 2.58. The van der Waals surface area contributed by atoms with Gasteiger partial charge >= 0.3 is 11.9 Å². The van der Waals surface area contributed by atoms with Crippen molar-refractivity contribution in [3.63, 3.8) is 0 Å². The molecule has 2 aliphatic heterocycles. The van der Waals surface area contributed by atoms with Gasteiger partial charge in [-0.25, -0.2) is 0 Å². The van der Waals surface area contributed by atoms with Crippen molar-refractivity contribution < 1.29 is 28.7 Å². The van der Waals surface area contributed by atoms with Crippen molar-refractivity contribution in [1.29, 1.82) is 0 Å². The summed E-state index contributed by atoms with van der Waals surface area (Å²) in [6, 6.07) is 19.0. The van der Waals surface area contributed by atoms with E-state index in [4.69, 9.17) is 32.7 Å². The predicted molar refractivity (Wildman–Crippen MR) is 190 cm³/mol. The highest BCUT2D eigenvalue weighted by molar-refractivity contribution is 6.20. The van der Waals surface area contributed by atoms with E-state index >= 15 is 0 Å². The van der Waals surface area contributed by atoms with Gasteiger partial charge in [-0.3, -0.25) is 19.2 Å². The number of esters is 2. The molecule has 8 nitrogen and oxygen atoms in total. The Morgan fingerprint density at radius 2 is 1.20 bits per heavy atom. The third kappa shape index (κ3) is 4.94. The van der Waals surface area contributed by atoms with Crippen molar-refractivity contribution in [2.45, 2.75) is 51.4 Å². The van der Waals surface area contributed by atoms with E-state index in [1.54, 1.807) is 17.0 Å². The number of rotatable bonds is 6. The molecule has 4 aromatic carbocycles. The van der Waals surface area contributed by atoms with Crippen molar-refractivity contribution in [3.8, 4) is 11.5 Å². The fourth-order valence-electron chi connectivity index (χ4n) is 8.60. The van der Waals surface area contributed by atoms with Crippen LogP contribution >= 0.6 is 23.2 Å². The zero-order valence-electron chi connectivity index (χ0n) is 27.2. The number of fused-ring (bicyclic) bond motifs is 8. The summed E-state index contributed by atoms with van der Waals surface area (Å²) in [5, 5.41) is 3.45. The molecule has 1 saturated carbocycles. The number of nitrogens with zero attached hydrogens (tertiary/aromatic N) is 2. The smallest absolute Gasteiger partial charge is 0.308 e. The number of benzene rings is 4. The number of hydrogen-bond donors (Lipinski definition) is 0. The molecule has 2 atom stereocenters. The van der Waals surface area contributed by atoms with Crippen LogP contribution in [0, 0.1) is 5.41 Å². The Balaban J connectivity index is 1.11. The number of anilines is 2. The van der Waals surface area contributed by atoms with Gasteiger partial charge < -0.3 is 19.3 Å². The van der Waals surface area contributed by atoms with Gasteiger partial charge in [-0.1, -0.05) is 54.1 Å². The number of ether oxygens (including phenoxy) is 2. The first-order valence-corrected chi connectivity index (χ1v) is 17.7. The van der Waals surface area contributed by atoms with E-state index in [2.05, 4.69) is 0 Å². The second kappa shape index (κ2) is 11.9. The lowest BCUT2D eigenvalue weighted by molar-refractivity contribution is -0.132. The van der Waals surface area contributed by atoms with Crippen LogP contribution in [-0.2, 0) is 19.2 Å². The summed E-state index contributed by atoms with van der Waals surface area (Å²) in [6.45, 7) is 3.60. The van der Waals surface area contributed by atoms with Crippen molar-refractivity contribution in [2.24, 2.45) is 5.41 Å². The van der Waals surface area contributed by atoms with Crippen molar-refractivity contribution in [1.82, 2.24) is 0 Å². The summed E-state index contributed by atoms with van der Waals surface area (Å²) in [7, 11) is 0. The number of allylic oxidation sites excluding steroid dienone is 1. The number of amides is 2. The molecule has 0 aromatic heterocycles. The molecule has 1 fully saturated rings. The van der Waals surface area contributed by atoms with Crippen LogP contribution in [0.4, 0.5) is 11.4 Å². The van der Waals surface area contributed by atoms with Crippen LogP contribution in [-0.4, -0.2) is 48.6 Å². The minimum absolute atomic E-state index is 0.0203. The second-order valence-corrected chi connectivity index (χ2v) is 14.3. The van der Waals surface area contributed by atoms with Gasteiger partial charge in [0, 0.05) is 79.0 Å². The quantitative estimate of drug-likeness (QED) is 0.116. The molecule has 10 heteroatoms. The van der Waals surface area contributed by atoms with Gasteiger partial charge in [0.1, 0.15) is 11.5 Å². The Hall–Kier alpha value is -4.40. The Bertz CT molecular complexity index is 2150. The van der Waals surface area contributed by atoms with Crippen LogP contribution in [0.2, 0.25) is 0 Å². The fourth-order valence-corrected chi connectivity index (χ4v) is 9.11. The van der Waals surface area contributed by atoms with E-state index in [0.717, 1.165) is 49.5 Å². The summed E-state index contributed by atoms with van der Waals surface area (Å²) in [6.07, 6.45) is 2.07. The first-order chi connectivity index (χ1) is 23.6. The van der Waals surface area contributed by atoms with E-state index in [0.29, 0.717) is 67.7 Å². The first-order valence-electron chi connectivity index (χ1n) is 16.6. The summed E-state index contributed by atoms with van der Waals surface area (Å²) in [5.74, 6) is 0.447. The summed E-state index contributed by atoms with van der Waals surface area (Å²) < 4.78 is 11.2. The Labute approximate surface area is 293 Å². The van der Waals surface area contributed by atoms with E-state index in [9.17, 15) is 19.2 Å². The average Bonchev–Trinajstić information content (AvgIpc) is 3.65. The van der Waals surface area contributed by atoms with Crippen molar-refractivity contribution >= 4 is 79.9 Å². The zero-order chi connectivity index (χ0) is 34.2. The van der Waals surface area contributed by atoms with Crippen LogP contribution in [0.25, 0.3) is 21.5 Å². The summed E-state index contributed by atoms with van der Waals surface area (Å²) in [4.78, 5) is 56.4. The van der Waals surface area contributed by atoms with Crippen LogP contribution in [0.1, 0.15) is 62.5 Å². The topological polar surface area (TPSA) is 93.2 Å². The van der Waals surface area contributed by atoms with Crippen molar-refractivity contribution in [3.05, 3.63) is 82.9 Å². The highest BCUT2D eigenvalue weighted by Gasteiger charge is 2.55. The lowest BCUT2D eigenvalue weighted by atomic mass is 9.56. The molecule has 2 heterocycles. The minimum atomic E-state index is -0.606. The van der Waals surface area contributed by atoms with E-state index in [1.165, 1.54) is 13.8 Å². The third-order valence-corrected chi connectivity index (χ3v) is 11.5. The molecule has 5 aliphatic rings. The average molecular weight is 698 g/mol. The Kier molecular flexibility index (Phi) is 7.72. The maximum atomic E-state index is 14.5. The molecule has 250 valence electrons. The molecule has 9 rings (SSSR count). The molecule has 49 heavy (non-hydrogen) atoms. The summed E-state index contributed by atoms with van der Waals surface area (Å²) in [5.41, 5.74) is 4.58. The van der Waals surface area contributed by atoms with Crippen LogP contribution in [0.3, 0.4) is 0 Å². The molecule has 2 bridgehead atoms. The standard InChI is InChI=1S/C39H34Cl2N2O6/c1-21(44)48-33-13-31-35(29-9-5-3-7-27(29)33)24(17-40)19-42(31)37(46)26-11-12-39(15-23(26)16-39)38(47)43-20-25(18-41)36-30-10-6-4-8-28(30)34(14-32(36)43)49-22(2)45/h3-10,13-14,24-25H,11-12,15-20H2,1-2H3/t24-,25-/m1/s1. The van der Waals surface area contributed by atoms with Crippen LogP contribution in [0.15, 0.2) is 71.8 Å². The second-order valence-electron chi connectivity index (χ2n) is 13.6. The molecule has 0 radical (unpaired) electrons. The monoisotopic (exact) mass is 696 g/mol. The van der Waals surface area contributed by atoms with Crippen LogP contribution < -0.4 is 19.3 Å². The molecule has 4 aromatic rings. The first kappa shape index (κ1) is 31.8. The van der Waals surface area contributed by atoms with E-state index in [1.807, 2.05) is 53.4 Å². The van der Waals surface area contributed by atoms with Gasteiger partial charge in [-0.05, 0) is 47.6 Å². The Morgan fingerprint density at radius 3 is 1.65 bits per heavy atom. The molecular formula is C39H34Cl2N2O6. The highest BCUT2D eigenvalue weighted by atomic mass is 35.5. The minimum Gasteiger partial charge on any atom is -0.426 e. The predicted octanol–water partition coefficient (Wildman–Crippen LogP) is 7.75. The lowest BCUT2D eigenvalue weighted by Gasteiger charge is -2.49. The normalized spacial score (nSPS) is 20.2. The Morgan fingerprint density at radius 1 is 0.735 bits per heavy atom. The van der Waals surface area contributed by atoms with Gasteiger partial charge in [0.2, 0.25) is 5.91 Å². The molecule has 0 N–H and O–H groups in total. The molecule has 2 amide bonds. The third-order valence-electron chi connectivity index (χ3n) is 10.7. The van der Waals surface area contributed by atoms with Crippen LogP contribution in [0.5, 0.6) is 11.5 Å². The van der Waals surface area contributed by atoms with E-state index in [-0.39, 0.29) is 23.7 Å². The van der Waals surface area contributed by atoms with Gasteiger partial charge in [0.25, 0.3) is 5.91 Å². The van der Waals surface area contributed by atoms with E-state index < -0.39 is 17.4 Å². The van der Waals surface area contributed by atoms with Gasteiger partial charge in [0.05, 0.1) is 16.8 Å². The number of hydrogen-bond acceptors (Lipinski definition) is 6. The molecule has 0 unspecified atom stereocenters. The number of halogens is 2. The van der Waals surface area contributed by atoms with Gasteiger partial charge in [-0.15, -0.1) is 23.2 Å². The largest absolute Gasteiger partial charge is 0.426 e. The molecular weight excluding hydrogens is 663 g/mol.